The van der Waals surface area contributed by atoms with Crippen molar-refractivity contribution in [1.29, 1.82) is 0 Å². The number of aryl methyl sites for hydroxylation is 1. The van der Waals surface area contributed by atoms with Gasteiger partial charge in [-0.3, -0.25) is 9.59 Å². The number of nitrogens with zero attached hydrogens (tertiary/aromatic N) is 2. The molecule has 2 aliphatic rings. The maximum absolute atomic E-state index is 13.5. The Morgan fingerprint density at radius 1 is 1.08 bits per heavy atom. The maximum atomic E-state index is 13.5. The molecular formula is C25H30ClN3O6S. The Morgan fingerprint density at radius 2 is 1.86 bits per heavy atom. The van der Waals surface area contributed by atoms with Gasteiger partial charge in [-0.15, -0.1) is 0 Å². The number of anilines is 2. The lowest BCUT2D eigenvalue weighted by atomic mass is 9.98. The van der Waals surface area contributed by atoms with E-state index in [9.17, 15) is 18.0 Å². The van der Waals surface area contributed by atoms with Crippen LogP contribution in [0.5, 0.6) is 11.5 Å². The number of nitrogens with one attached hydrogen (secondary N) is 1. The Labute approximate surface area is 216 Å². The van der Waals surface area contributed by atoms with Gasteiger partial charge in [0.05, 0.1) is 30.1 Å². The minimum atomic E-state index is -3.82. The number of methoxy groups -OCH3 is 2. The first-order valence-electron chi connectivity index (χ1n) is 11.8. The minimum absolute atomic E-state index is 0.0565. The van der Waals surface area contributed by atoms with E-state index < -0.39 is 15.9 Å². The van der Waals surface area contributed by atoms with Gasteiger partial charge in [0.15, 0.2) is 0 Å². The number of carbonyl (C=O) groups excluding carboxylic acids is 2. The molecule has 194 valence electrons. The van der Waals surface area contributed by atoms with Crippen molar-refractivity contribution in [2.24, 2.45) is 5.92 Å². The van der Waals surface area contributed by atoms with E-state index in [4.69, 9.17) is 21.1 Å². The highest BCUT2D eigenvalue weighted by molar-refractivity contribution is 7.89. The number of ether oxygens (including phenoxy) is 2. The van der Waals surface area contributed by atoms with Gasteiger partial charge in [0.2, 0.25) is 21.8 Å². The second-order valence-corrected chi connectivity index (χ2v) is 11.3. The van der Waals surface area contributed by atoms with Crippen molar-refractivity contribution in [3.05, 3.63) is 40.9 Å². The molecule has 0 aliphatic carbocycles. The molecule has 1 atom stereocenters. The summed E-state index contributed by atoms with van der Waals surface area (Å²) in [5.74, 6) is -0.113. The molecule has 4 rings (SSSR count). The molecule has 0 radical (unpaired) electrons. The molecule has 36 heavy (non-hydrogen) atoms. The molecule has 2 amide bonds. The summed E-state index contributed by atoms with van der Waals surface area (Å²) in [6, 6.07) is 8.09. The van der Waals surface area contributed by atoms with Gasteiger partial charge in [-0.1, -0.05) is 11.6 Å². The Morgan fingerprint density at radius 3 is 2.56 bits per heavy atom. The van der Waals surface area contributed by atoms with Crippen LogP contribution < -0.4 is 19.7 Å². The molecule has 0 unspecified atom stereocenters. The monoisotopic (exact) mass is 535 g/mol. The van der Waals surface area contributed by atoms with Gasteiger partial charge in [0.25, 0.3) is 0 Å². The fraction of sp³-hybridized carbons (Fsp3) is 0.440. The number of hydrogen-bond donors (Lipinski definition) is 1. The number of sulfonamides is 1. The van der Waals surface area contributed by atoms with Gasteiger partial charge in [-0.2, -0.15) is 4.31 Å². The average Bonchev–Trinajstić information content (AvgIpc) is 2.88. The van der Waals surface area contributed by atoms with Crippen LogP contribution in [0.15, 0.2) is 35.2 Å². The lowest BCUT2D eigenvalue weighted by Gasteiger charge is -2.32. The van der Waals surface area contributed by atoms with Crippen LogP contribution in [0.4, 0.5) is 11.4 Å². The van der Waals surface area contributed by atoms with E-state index in [1.165, 1.54) is 25.4 Å². The van der Waals surface area contributed by atoms with E-state index in [1.807, 2.05) is 0 Å². The lowest BCUT2D eigenvalue weighted by molar-refractivity contribution is -0.121. The number of halogens is 1. The smallest absolute Gasteiger partial charge is 0.243 e. The summed E-state index contributed by atoms with van der Waals surface area (Å²) < 4.78 is 38.9. The molecule has 2 aromatic carbocycles. The molecule has 0 aromatic heterocycles. The number of fused-ring (bicyclic) bond motifs is 1. The standard InChI is InChI=1S/C25H30ClN3O6S/c1-16(30)29-11-5-6-17-12-20(8-9-22(17)29)36(32,33)28-10-4-7-18(15-28)25(31)27-24-21(26)13-19(34-2)14-23(24)35-3/h8-9,12-14,18H,4-7,10-11,15H2,1-3H3,(H,27,31)/t18-/m0/s1. The molecule has 11 heteroatoms. The van der Waals surface area contributed by atoms with Gasteiger partial charge >= 0.3 is 0 Å². The third kappa shape index (κ3) is 5.16. The third-order valence-electron chi connectivity index (χ3n) is 6.67. The SMILES string of the molecule is COc1cc(Cl)c(NC(=O)[C@H]2CCCN(S(=O)(=O)c3ccc4c(c3)CCCN4C(C)=O)C2)c(OC)c1. The predicted octanol–water partition coefficient (Wildman–Crippen LogP) is 3.70. The number of benzene rings is 2. The largest absolute Gasteiger partial charge is 0.497 e. The fourth-order valence-corrected chi connectivity index (χ4v) is 6.59. The van der Waals surface area contributed by atoms with E-state index in [0.717, 1.165) is 17.7 Å². The van der Waals surface area contributed by atoms with Crippen molar-refractivity contribution < 1.29 is 27.5 Å². The van der Waals surface area contributed by atoms with Gasteiger partial charge < -0.3 is 19.7 Å². The van der Waals surface area contributed by atoms with E-state index >= 15 is 0 Å². The number of rotatable bonds is 6. The Bertz CT molecular complexity index is 1280. The minimum Gasteiger partial charge on any atom is -0.497 e. The van der Waals surface area contributed by atoms with Gasteiger partial charge in [0, 0.05) is 44.4 Å². The van der Waals surface area contributed by atoms with Gasteiger partial charge in [-0.05, 0) is 49.4 Å². The summed E-state index contributed by atoms with van der Waals surface area (Å²) >= 11 is 6.34. The number of amides is 2. The highest BCUT2D eigenvalue weighted by atomic mass is 35.5. The molecule has 1 fully saturated rings. The second kappa shape index (κ2) is 10.7. The van der Waals surface area contributed by atoms with E-state index in [1.54, 1.807) is 35.2 Å². The Kier molecular flexibility index (Phi) is 7.77. The van der Waals surface area contributed by atoms with Crippen molar-refractivity contribution in [3.8, 4) is 11.5 Å². The normalized spacial score (nSPS) is 18.3. The molecule has 2 aromatic rings. The summed E-state index contributed by atoms with van der Waals surface area (Å²) in [4.78, 5) is 26.9. The summed E-state index contributed by atoms with van der Waals surface area (Å²) in [6.07, 6.45) is 2.58. The molecule has 2 aliphatic heterocycles. The highest BCUT2D eigenvalue weighted by Crippen LogP contribution is 2.38. The summed E-state index contributed by atoms with van der Waals surface area (Å²) in [5.41, 5.74) is 1.91. The molecule has 1 N–H and O–H groups in total. The molecule has 0 saturated carbocycles. The highest BCUT2D eigenvalue weighted by Gasteiger charge is 2.34. The molecule has 0 spiro atoms. The molecule has 2 heterocycles. The number of piperidine rings is 1. The van der Waals surface area contributed by atoms with Crippen LogP contribution in [-0.2, 0) is 26.0 Å². The second-order valence-electron chi connectivity index (χ2n) is 8.94. The zero-order valence-electron chi connectivity index (χ0n) is 20.5. The summed E-state index contributed by atoms with van der Waals surface area (Å²) in [5, 5.41) is 3.07. The third-order valence-corrected chi connectivity index (χ3v) is 8.83. The van der Waals surface area contributed by atoms with Crippen LogP contribution in [0.3, 0.4) is 0 Å². The van der Waals surface area contributed by atoms with Crippen molar-refractivity contribution in [2.45, 2.75) is 37.5 Å². The molecule has 0 bridgehead atoms. The van der Waals surface area contributed by atoms with Crippen molar-refractivity contribution >= 4 is 44.8 Å². The first-order chi connectivity index (χ1) is 17.1. The quantitative estimate of drug-likeness (QED) is 0.604. The Hall–Kier alpha value is -2.82. The van der Waals surface area contributed by atoms with E-state index in [2.05, 4.69) is 5.32 Å². The summed E-state index contributed by atoms with van der Waals surface area (Å²) in [6.45, 7) is 2.52. The van der Waals surface area contributed by atoms with Gasteiger partial charge in [0.1, 0.15) is 17.2 Å². The zero-order valence-corrected chi connectivity index (χ0v) is 22.1. The Balaban J connectivity index is 1.53. The van der Waals surface area contributed by atoms with Crippen LogP contribution >= 0.6 is 11.6 Å². The fourth-order valence-electron chi connectivity index (χ4n) is 4.77. The number of hydrogen-bond acceptors (Lipinski definition) is 6. The molecule has 1 saturated heterocycles. The zero-order chi connectivity index (χ0) is 26.0. The average molecular weight is 536 g/mol. The van der Waals surface area contributed by atoms with Crippen LogP contribution in [-0.4, -0.2) is 58.4 Å². The summed E-state index contributed by atoms with van der Waals surface area (Å²) in [7, 11) is -0.855. The van der Waals surface area contributed by atoms with Crippen LogP contribution in [0.25, 0.3) is 0 Å². The predicted molar refractivity (Wildman–Crippen MR) is 137 cm³/mol. The van der Waals surface area contributed by atoms with Crippen LogP contribution in [0.1, 0.15) is 31.7 Å². The van der Waals surface area contributed by atoms with Crippen molar-refractivity contribution in [3.63, 3.8) is 0 Å². The molecule has 9 nitrogen and oxygen atoms in total. The molecular weight excluding hydrogens is 506 g/mol. The topological polar surface area (TPSA) is 105 Å². The van der Waals surface area contributed by atoms with Crippen molar-refractivity contribution in [1.82, 2.24) is 4.31 Å². The van der Waals surface area contributed by atoms with Crippen LogP contribution in [0.2, 0.25) is 5.02 Å². The van der Waals surface area contributed by atoms with Crippen molar-refractivity contribution in [2.75, 3.05) is 44.1 Å². The lowest BCUT2D eigenvalue weighted by Crippen LogP contribution is -2.43. The number of carbonyl (C=O) groups is 2. The van der Waals surface area contributed by atoms with E-state index in [0.29, 0.717) is 49.5 Å². The first-order valence-corrected chi connectivity index (χ1v) is 13.6. The first kappa shape index (κ1) is 26.2. The maximum Gasteiger partial charge on any atom is 0.243 e. The van der Waals surface area contributed by atoms with Gasteiger partial charge in [-0.25, -0.2) is 8.42 Å². The van der Waals surface area contributed by atoms with E-state index in [-0.39, 0.29) is 28.3 Å². The van der Waals surface area contributed by atoms with Crippen LogP contribution in [0, 0.1) is 5.92 Å².